The van der Waals surface area contributed by atoms with Crippen LogP contribution in [0.5, 0.6) is 0 Å². The Bertz CT molecular complexity index is 696. The third kappa shape index (κ3) is 2.12. The Morgan fingerprint density at radius 1 is 1.27 bits per heavy atom. The van der Waals surface area contributed by atoms with Gasteiger partial charge in [-0.05, 0) is 5.56 Å². The SMILES string of the molecule is Cn1ncc2c1NC(=O)CC2C1CNNC1c1ccccc1. The molecule has 1 saturated heterocycles. The van der Waals surface area contributed by atoms with E-state index in [-0.39, 0.29) is 17.9 Å². The Morgan fingerprint density at radius 3 is 2.91 bits per heavy atom. The summed E-state index contributed by atoms with van der Waals surface area (Å²) < 4.78 is 1.74. The van der Waals surface area contributed by atoms with Crippen molar-refractivity contribution >= 4 is 11.7 Å². The van der Waals surface area contributed by atoms with Gasteiger partial charge in [0, 0.05) is 37.4 Å². The molecule has 1 aromatic carbocycles. The summed E-state index contributed by atoms with van der Waals surface area (Å²) in [4.78, 5) is 12.1. The van der Waals surface area contributed by atoms with Crippen molar-refractivity contribution in [2.75, 3.05) is 11.9 Å². The smallest absolute Gasteiger partial charge is 0.226 e. The minimum atomic E-state index is 0.0693. The predicted molar refractivity (Wildman–Crippen MR) is 83.0 cm³/mol. The standard InChI is InChI=1S/C16H19N5O/c1-21-16-13(9-18-21)11(7-14(22)19-16)12-8-17-20-15(12)10-5-3-2-4-6-10/h2-6,9,11-12,15,17,20H,7-8H2,1H3,(H,19,22). The van der Waals surface area contributed by atoms with Gasteiger partial charge in [-0.2, -0.15) is 5.10 Å². The zero-order chi connectivity index (χ0) is 15.1. The van der Waals surface area contributed by atoms with Crippen molar-refractivity contribution in [3.8, 4) is 0 Å². The molecule has 3 unspecified atom stereocenters. The maximum absolute atomic E-state index is 12.1. The van der Waals surface area contributed by atoms with E-state index in [1.54, 1.807) is 4.68 Å². The van der Waals surface area contributed by atoms with E-state index < -0.39 is 0 Å². The predicted octanol–water partition coefficient (Wildman–Crippen LogP) is 1.31. The molecule has 3 atom stereocenters. The van der Waals surface area contributed by atoms with Gasteiger partial charge in [0.05, 0.1) is 12.2 Å². The number of aryl methyl sites for hydroxylation is 1. The summed E-state index contributed by atoms with van der Waals surface area (Å²) in [5.41, 5.74) is 9.01. The van der Waals surface area contributed by atoms with Crippen molar-refractivity contribution in [3.63, 3.8) is 0 Å². The highest BCUT2D eigenvalue weighted by Crippen LogP contribution is 2.43. The molecule has 6 nitrogen and oxygen atoms in total. The minimum absolute atomic E-state index is 0.0693. The third-order valence-corrected chi connectivity index (χ3v) is 4.73. The van der Waals surface area contributed by atoms with Crippen LogP contribution in [0.1, 0.15) is 29.5 Å². The lowest BCUT2D eigenvalue weighted by molar-refractivity contribution is -0.117. The monoisotopic (exact) mass is 297 g/mol. The first-order chi connectivity index (χ1) is 10.7. The molecule has 3 N–H and O–H groups in total. The van der Waals surface area contributed by atoms with Gasteiger partial charge in [-0.25, -0.2) is 5.43 Å². The van der Waals surface area contributed by atoms with Gasteiger partial charge in [0.2, 0.25) is 5.91 Å². The van der Waals surface area contributed by atoms with Crippen LogP contribution in [-0.2, 0) is 11.8 Å². The first-order valence-corrected chi connectivity index (χ1v) is 7.59. The van der Waals surface area contributed by atoms with Gasteiger partial charge in [-0.3, -0.25) is 14.9 Å². The van der Waals surface area contributed by atoms with Crippen molar-refractivity contribution in [2.45, 2.75) is 18.4 Å². The van der Waals surface area contributed by atoms with Crippen LogP contribution in [0.2, 0.25) is 0 Å². The van der Waals surface area contributed by atoms with E-state index in [9.17, 15) is 4.79 Å². The van der Waals surface area contributed by atoms with Crippen LogP contribution in [0.3, 0.4) is 0 Å². The first-order valence-electron chi connectivity index (χ1n) is 7.59. The summed E-state index contributed by atoms with van der Waals surface area (Å²) in [6, 6.07) is 10.6. The molecule has 2 aliphatic rings. The Hall–Kier alpha value is -2.18. The van der Waals surface area contributed by atoms with Crippen LogP contribution in [-0.4, -0.2) is 22.2 Å². The summed E-state index contributed by atoms with van der Waals surface area (Å²) in [6.45, 7) is 0.839. The van der Waals surface area contributed by atoms with E-state index in [1.807, 2.05) is 19.3 Å². The fraction of sp³-hybridized carbons (Fsp3) is 0.375. The Balaban J connectivity index is 1.70. The van der Waals surface area contributed by atoms with Crippen molar-refractivity contribution in [2.24, 2.45) is 13.0 Å². The minimum Gasteiger partial charge on any atom is -0.311 e. The summed E-state index contributed by atoms with van der Waals surface area (Å²) in [5, 5.41) is 7.25. The Kier molecular flexibility index (Phi) is 3.20. The summed E-state index contributed by atoms with van der Waals surface area (Å²) in [5.74, 6) is 1.39. The molecule has 1 amide bonds. The number of carbonyl (C=O) groups excluding carboxylic acids is 1. The van der Waals surface area contributed by atoms with Crippen LogP contribution in [0.4, 0.5) is 5.82 Å². The summed E-state index contributed by atoms with van der Waals surface area (Å²) >= 11 is 0. The molecule has 0 radical (unpaired) electrons. The molecule has 3 heterocycles. The number of hydrogen-bond acceptors (Lipinski definition) is 4. The average molecular weight is 297 g/mol. The molecule has 0 bridgehead atoms. The molecule has 4 rings (SSSR count). The normalized spacial score (nSPS) is 27.5. The molecule has 0 saturated carbocycles. The highest BCUT2D eigenvalue weighted by Gasteiger charge is 2.40. The van der Waals surface area contributed by atoms with Crippen LogP contribution in [0.15, 0.2) is 36.5 Å². The van der Waals surface area contributed by atoms with E-state index in [2.05, 4.69) is 45.5 Å². The number of nitrogens with zero attached hydrogens (tertiary/aromatic N) is 2. The average Bonchev–Trinajstić information content (AvgIpc) is 3.15. The molecule has 2 aliphatic heterocycles. The topological polar surface area (TPSA) is 71.0 Å². The summed E-state index contributed by atoms with van der Waals surface area (Å²) in [6.07, 6.45) is 2.40. The second-order valence-electron chi connectivity index (χ2n) is 6.01. The summed E-state index contributed by atoms with van der Waals surface area (Å²) in [7, 11) is 1.86. The second kappa shape index (κ2) is 5.23. The fourth-order valence-electron chi connectivity index (χ4n) is 3.63. The van der Waals surface area contributed by atoms with Crippen LogP contribution in [0.25, 0.3) is 0 Å². The number of rotatable bonds is 2. The molecular weight excluding hydrogens is 278 g/mol. The van der Waals surface area contributed by atoms with Gasteiger partial charge in [-0.15, -0.1) is 0 Å². The largest absolute Gasteiger partial charge is 0.311 e. The molecular formula is C16H19N5O. The van der Waals surface area contributed by atoms with E-state index in [4.69, 9.17) is 0 Å². The zero-order valence-electron chi connectivity index (χ0n) is 12.4. The van der Waals surface area contributed by atoms with Crippen LogP contribution >= 0.6 is 0 Å². The molecule has 2 aromatic rings. The molecule has 6 heteroatoms. The van der Waals surface area contributed by atoms with Crippen LogP contribution < -0.4 is 16.2 Å². The number of aromatic nitrogens is 2. The van der Waals surface area contributed by atoms with Gasteiger partial charge in [0.1, 0.15) is 5.82 Å². The number of fused-ring (bicyclic) bond motifs is 1. The number of anilines is 1. The van der Waals surface area contributed by atoms with Crippen LogP contribution in [0, 0.1) is 5.92 Å². The lowest BCUT2D eigenvalue weighted by Crippen LogP contribution is -2.31. The molecule has 0 aliphatic carbocycles. The van der Waals surface area contributed by atoms with Gasteiger partial charge in [-0.1, -0.05) is 30.3 Å². The van der Waals surface area contributed by atoms with E-state index >= 15 is 0 Å². The van der Waals surface area contributed by atoms with Crippen molar-refractivity contribution in [1.29, 1.82) is 0 Å². The van der Waals surface area contributed by atoms with Gasteiger partial charge < -0.3 is 5.32 Å². The number of carbonyl (C=O) groups is 1. The second-order valence-corrected chi connectivity index (χ2v) is 6.01. The van der Waals surface area contributed by atoms with E-state index in [0.29, 0.717) is 12.3 Å². The molecule has 1 fully saturated rings. The Morgan fingerprint density at radius 2 is 2.09 bits per heavy atom. The molecule has 1 aromatic heterocycles. The number of amides is 1. The van der Waals surface area contributed by atoms with Gasteiger partial charge in [0.15, 0.2) is 0 Å². The fourth-order valence-corrected chi connectivity index (χ4v) is 3.63. The number of hydrogen-bond donors (Lipinski definition) is 3. The highest BCUT2D eigenvalue weighted by atomic mass is 16.1. The first kappa shape index (κ1) is 13.5. The highest BCUT2D eigenvalue weighted by molar-refractivity contribution is 5.93. The van der Waals surface area contributed by atoms with E-state index in [1.165, 1.54) is 5.56 Å². The van der Waals surface area contributed by atoms with E-state index in [0.717, 1.165) is 17.9 Å². The Labute approximate surface area is 128 Å². The quantitative estimate of drug-likeness (QED) is 0.781. The molecule has 22 heavy (non-hydrogen) atoms. The maximum atomic E-state index is 12.1. The van der Waals surface area contributed by atoms with Gasteiger partial charge >= 0.3 is 0 Å². The van der Waals surface area contributed by atoms with Gasteiger partial charge in [0.25, 0.3) is 0 Å². The number of benzene rings is 1. The lowest BCUT2D eigenvalue weighted by atomic mass is 9.77. The maximum Gasteiger partial charge on any atom is 0.226 e. The van der Waals surface area contributed by atoms with Crippen molar-refractivity contribution < 1.29 is 4.79 Å². The van der Waals surface area contributed by atoms with Crippen molar-refractivity contribution in [1.82, 2.24) is 20.6 Å². The lowest BCUT2D eigenvalue weighted by Gasteiger charge is -2.30. The number of hydrazine groups is 1. The molecule has 114 valence electrons. The number of nitrogens with one attached hydrogen (secondary N) is 3. The molecule has 0 spiro atoms. The third-order valence-electron chi connectivity index (χ3n) is 4.73. The van der Waals surface area contributed by atoms with Crippen molar-refractivity contribution in [3.05, 3.63) is 47.7 Å². The zero-order valence-corrected chi connectivity index (χ0v) is 12.4.